The molecule has 0 unspecified atom stereocenters. The molecule has 0 spiro atoms. The normalized spacial score (nSPS) is 15.1. The van der Waals surface area contributed by atoms with Crippen molar-refractivity contribution >= 4 is 12.0 Å². The van der Waals surface area contributed by atoms with Crippen molar-refractivity contribution in [1.82, 2.24) is 20.1 Å². The van der Waals surface area contributed by atoms with Crippen LogP contribution in [-0.2, 0) is 14.9 Å². The number of hydrogen-bond acceptors (Lipinski definition) is 4. The van der Waals surface area contributed by atoms with E-state index in [1.165, 1.54) is 18.2 Å². The van der Waals surface area contributed by atoms with Gasteiger partial charge in [0.25, 0.3) is 0 Å². The van der Waals surface area contributed by atoms with E-state index in [1.54, 1.807) is 35.3 Å². The monoisotopic (exact) mass is 482 g/mol. The number of pyridine rings is 1. The molecule has 1 amide bonds. The van der Waals surface area contributed by atoms with Gasteiger partial charge in [-0.1, -0.05) is 30.3 Å². The number of amides is 1. The third-order valence-electron chi connectivity index (χ3n) is 6.62. The van der Waals surface area contributed by atoms with E-state index < -0.39 is 0 Å². The second-order valence-electron chi connectivity index (χ2n) is 8.91. The molecule has 2 aromatic heterocycles. The van der Waals surface area contributed by atoms with Crippen LogP contribution in [0.3, 0.4) is 0 Å². The number of rotatable bonds is 7. The summed E-state index contributed by atoms with van der Waals surface area (Å²) in [6.45, 7) is 1.66. The summed E-state index contributed by atoms with van der Waals surface area (Å²) in [5.74, 6) is -0.471. The maximum atomic E-state index is 13.5. The van der Waals surface area contributed by atoms with Crippen LogP contribution in [0.5, 0.6) is 0 Å². The summed E-state index contributed by atoms with van der Waals surface area (Å²) < 4.78 is 20.9. The van der Waals surface area contributed by atoms with E-state index in [4.69, 9.17) is 9.84 Å². The standard InChI is InChI=1S/C29H27FN4O2/c30-25-11-9-24(10-12-25)29(14-17-36-18-15-29)21-32-27(35)13-8-23-20-34(26-6-2-1-3-7-26)33-28(23)22-5-4-16-31-19-22/h1-13,16,19-20H,14-15,17-18,21H2,(H,32,35)/b13-8+. The molecular weight excluding hydrogens is 455 g/mol. The van der Waals surface area contributed by atoms with Gasteiger partial charge in [0, 0.05) is 61.0 Å². The predicted octanol–water partition coefficient (Wildman–Crippen LogP) is 4.95. The highest BCUT2D eigenvalue weighted by Gasteiger charge is 2.34. The number of hydrogen-bond donors (Lipinski definition) is 1. The average molecular weight is 483 g/mol. The molecule has 1 aliphatic rings. The van der Waals surface area contributed by atoms with Crippen LogP contribution < -0.4 is 5.32 Å². The highest BCUT2D eigenvalue weighted by Crippen LogP contribution is 2.34. The Bertz CT molecular complexity index is 1330. The number of nitrogens with zero attached hydrogens (tertiary/aromatic N) is 3. The Hall–Kier alpha value is -4.10. The maximum absolute atomic E-state index is 13.5. The molecule has 7 heteroatoms. The summed E-state index contributed by atoms with van der Waals surface area (Å²) in [4.78, 5) is 17.1. The Kier molecular flexibility index (Phi) is 7.00. The molecular formula is C29H27FN4O2. The van der Waals surface area contributed by atoms with Gasteiger partial charge in [-0.05, 0) is 60.9 Å². The minimum atomic E-state index is -0.283. The highest BCUT2D eigenvalue weighted by molar-refractivity contribution is 5.92. The van der Waals surface area contributed by atoms with Crippen molar-refractivity contribution in [2.45, 2.75) is 18.3 Å². The summed E-state index contributed by atoms with van der Waals surface area (Å²) >= 11 is 0. The van der Waals surface area contributed by atoms with Gasteiger partial charge >= 0.3 is 0 Å². The summed E-state index contributed by atoms with van der Waals surface area (Å²) in [7, 11) is 0. The number of benzene rings is 2. The number of carbonyl (C=O) groups is 1. The van der Waals surface area contributed by atoms with Crippen molar-refractivity contribution in [2.75, 3.05) is 19.8 Å². The van der Waals surface area contributed by atoms with E-state index in [1.807, 2.05) is 48.7 Å². The van der Waals surface area contributed by atoms with Crippen LogP contribution in [0.25, 0.3) is 23.0 Å². The molecule has 2 aromatic carbocycles. The Morgan fingerprint density at radius 1 is 1.06 bits per heavy atom. The van der Waals surface area contributed by atoms with E-state index in [0.717, 1.165) is 40.9 Å². The molecule has 1 saturated heterocycles. The van der Waals surface area contributed by atoms with Crippen LogP contribution in [0.2, 0.25) is 0 Å². The average Bonchev–Trinajstić information content (AvgIpc) is 3.37. The molecule has 0 bridgehead atoms. The van der Waals surface area contributed by atoms with Crippen LogP contribution in [-0.4, -0.2) is 40.4 Å². The third kappa shape index (κ3) is 5.26. The molecule has 0 saturated carbocycles. The minimum absolute atomic E-state index is 0.201. The van der Waals surface area contributed by atoms with E-state index in [0.29, 0.717) is 19.8 Å². The largest absolute Gasteiger partial charge is 0.381 e. The Morgan fingerprint density at radius 2 is 1.83 bits per heavy atom. The molecule has 0 radical (unpaired) electrons. The first-order valence-electron chi connectivity index (χ1n) is 12.0. The lowest BCUT2D eigenvalue weighted by atomic mass is 9.74. The SMILES string of the molecule is O=C(/C=C/c1cn(-c2ccccc2)nc1-c1cccnc1)NCC1(c2ccc(F)cc2)CCOCC1. The van der Waals surface area contributed by atoms with Gasteiger partial charge in [-0.25, -0.2) is 9.07 Å². The molecule has 6 nitrogen and oxygen atoms in total. The third-order valence-corrected chi connectivity index (χ3v) is 6.62. The predicted molar refractivity (Wildman–Crippen MR) is 137 cm³/mol. The fourth-order valence-electron chi connectivity index (χ4n) is 4.56. The van der Waals surface area contributed by atoms with Gasteiger partial charge in [0.05, 0.1) is 5.69 Å². The zero-order valence-corrected chi connectivity index (χ0v) is 19.8. The molecule has 1 N–H and O–H groups in total. The smallest absolute Gasteiger partial charge is 0.244 e. The summed E-state index contributed by atoms with van der Waals surface area (Å²) in [5.41, 5.74) is 4.07. The molecule has 5 rings (SSSR count). The molecule has 3 heterocycles. The minimum Gasteiger partial charge on any atom is -0.381 e. The van der Waals surface area contributed by atoms with Crippen molar-refractivity contribution < 1.29 is 13.9 Å². The van der Waals surface area contributed by atoms with Crippen LogP contribution in [0.1, 0.15) is 24.0 Å². The molecule has 4 aromatic rings. The zero-order valence-electron chi connectivity index (χ0n) is 19.8. The fourth-order valence-corrected chi connectivity index (χ4v) is 4.56. The number of halogens is 1. The van der Waals surface area contributed by atoms with Gasteiger partial charge in [-0.3, -0.25) is 9.78 Å². The second-order valence-corrected chi connectivity index (χ2v) is 8.91. The number of aromatic nitrogens is 3. The van der Waals surface area contributed by atoms with E-state index in [9.17, 15) is 9.18 Å². The highest BCUT2D eigenvalue weighted by atomic mass is 19.1. The van der Waals surface area contributed by atoms with Gasteiger partial charge in [0.1, 0.15) is 11.5 Å². The van der Waals surface area contributed by atoms with Crippen LogP contribution in [0.15, 0.2) is 91.4 Å². The van der Waals surface area contributed by atoms with Crippen molar-refractivity contribution in [3.8, 4) is 16.9 Å². The van der Waals surface area contributed by atoms with Crippen molar-refractivity contribution in [2.24, 2.45) is 0 Å². The maximum Gasteiger partial charge on any atom is 0.244 e. The van der Waals surface area contributed by atoms with Crippen LogP contribution in [0.4, 0.5) is 4.39 Å². The molecule has 1 fully saturated rings. The number of para-hydroxylation sites is 1. The first-order chi connectivity index (χ1) is 17.6. The van der Waals surface area contributed by atoms with Gasteiger partial charge in [-0.15, -0.1) is 0 Å². The van der Waals surface area contributed by atoms with Gasteiger partial charge in [-0.2, -0.15) is 5.10 Å². The number of ether oxygens (including phenoxy) is 1. The lowest BCUT2D eigenvalue weighted by Crippen LogP contribution is -2.44. The molecule has 0 aliphatic carbocycles. The Labute approximate surface area is 209 Å². The van der Waals surface area contributed by atoms with E-state index >= 15 is 0 Å². The molecule has 182 valence electrons. The molecule has 0 atom stereocenters. The molecule has 1 aliphatic heterocycles. The zero-order chi connectivity index (χ0) is 24.8. The quantitative estimate of drug-likeness (QED) is 0.379. The van der Waals surface area contributed by atoms with Crippen LogP contribution >= 0.6 is 0 Å². The lowest BCUT2D eigenvalue weighted by Gasteiger charge is -2.37. The fraction of sp³-hybridized carbons (Fsp3) is 0.207. The van der Waals surface area contributed by atoms with E-state index in [2.05, 4.69) is 10.3 Å². The summed E-state index contributed by atoms with van der Waals surface area (Å²) in [6, 6.07) is 20.2. The summed E-state index contributed by atoms with van der Waals surface area (Å²) in [6.07, 6.45) is 10.2. The number of carbonyl (C=O) groups excluding carboxylic acids is 1. The topological polar surface area (TPSA) is 69.0 Å². The first kappa shape index (κ1) is 23.6. The first-order valence-corrected chi connectivity index (χ1v) is 12.0. The van der Waals surface area contributed by atoms with Gasteiger partial charge < -0.3 is 10.1 Å². The van der Waals surface area contributed by atoms with Crippen molar-refractivity contribution in [3.63, 3.8) is 0 Å². The van der Waals surface area contributed by atoms with E-state index in [-0.39, 0.29) is 17.1 Å². The van der Waals surface area contributed by atoms with Gasteiger partial charge in [0.15, 0.2) is 0 Å². The van der Waals surface area contributed by atoms with Crippen molar-refractivity contribution in [1.29, 1.82) is 0 Å². The van der Waals surface area contributed by atoms with Gasteiger partial charge in [0.2, 0.25) is 5.91 Å². The lowest BCUT2D eigenvalue weighted by molar-refractivity contribution is -0.116. The Morgan fingerprint density at radius 3 is 2.56 bits per heavy atom. The molecule has 36 heavy (non-hydrogen) atoms. The summed E-state index contributed by atoms with van der Waals surface area (Å²) in [5, 5.41) is 7.81. The number of nitrogens with one attached hydrogen (secondary N) is 1. The van der Waals surface area contributed by atoms with Crippen LogP contribution in [0, 0.1) is 5.82 Å². The Balaban J connectivity index is 1.36. The van der Waals surface area contributed by atoms with Crippen molar-refractivity contribution in [3.05, 3.63) is 108 Å². The second kappa shape index (κ2) is 10.7.